The van der Waals surface area contributed by atoms with E-state index in [4.69, 9.17) is 15.3 Å². The van der Waals surface area contributed by atoms with Gasteiger partial charge in [-0.3, -0.25) is 19.2 Å². The van der Waals surface area contributed by atoms with Gasteiger partial charge in [0.1, 0.15) is 5.78 Å². The maximum absolute atomic E-state index is 12.1. The van der Waals surface area contributed by atoms with Gasteiger partial charge in [-0.1, -0.05) is 24.3 Å². The molecule has 2 aromatic carbocycles. The fourth-order valence-electron chi connectivity index (χ4n) is 2.44. The molecule has 0 saturated heterocycles. The van der Waals surface area contributed by atoms with Gasteiger partial charge in [-0.05, 0) is 45.0 Å². The van der Waals surface area contributed by atoms with Crippen molar-refractivity contribution in [1.29, 1.82) is 10.5 Å². The van der Waals surface area contributed by atoms with Crippen molar-refractivity contribution in [3.8, 4) is 12.1 Å². The Kier molecular flexibility index (Phi) is 10.5. The van der Waals surface area contributed by atoms with Crippen molar-refractivity contribution in [1.82, 2.24) is 0 Å². The molecule has 0 spiro atoms. The lowest BCUT2D eigenvalue weighted by atomic mass is 10.0. The van der Waals surface area contributed by atoms with Gasteiger partial charge < -0.3 is 4.74 Å². The summed E-state index contributed by atoms with van der Waals surface area (Å²) in [6.45, 7) is 4.81. The van der Waals surface area contributed by atoms with Crippen LogP contribution in [0.5, 0.6) is 0 Å². The molecule has 0 aliphatic heterocycles. The molecule has 2 aromatic rings. The van der Waals surface area contributed by atoms with Crippen LogP contribution in [-0.2, 0) is 14.3 Å². The summed E-state index contributed by atoms with van der Waals surface area (Å²) in [6.07, 6.45) is 1.07. The van der Waals surface area contributed by atoms with Crippen molar-refractivity contribution in [2.75, 3.05) is 6.61 Å². The zero-order chi connectivity index (χ0) is 24.1. The monoisotopic (exact) mass is 430 g/mol. The van der Waals surface area contributed by atoms with Crippen molar-refractivity contribution < 1.29 is 23.9 Å². The second kappa shape index (κ2) is 13.0. The highest BCUT2D eigenvalue weighted by Gasteiger charge is 2.17. The van der Waals surface area contributed by atoms with Gasteiger partial charge >= 0.3 is 0 Å². The topological polar surface area (TPSA) is 125 Å². The average molecular weight is 430 g/mol. The summed E-state index contributed by atoms with van der Waals surface area (Å²) in [5.74, 6) is -1.21. The number of hydrogen-bond acceptors (Lipinski definition) is 7. The predicted molar refractivity (Wildman–Crippen MR) is 117 cm³/mol. The largest absolute Gasteiger partial charge is 0.501 e. The van der Waals surface area contributed by atoms with E-state index in [-0.39, 0.29) is 29.3 Å². The summed E-state index contributed by atoms with van der Waals surface area (Å²) in [6, 6.07) is 16.4. The first-order valence-electron chi connectivity index (χ1n) is 9.63. The highest BCUT2D eigenvalue weighted by atomic mass is 16.5. The van der Waals surface area contributed by atoms with Crippen LogP contribution in [0.1, 0.15) is 59.0 Å². The van der Waals surface area contributed by atoms with E-state index in [0.717, 1.165) is 0 Å². The van der Waals surface area contributed by atoms with E-state index >= 15 is 0 Å². The SMILES string of the molecule is CC(=O)CC(=O)c1cccc(C#N)c1.CCOC=C(C(C)=O)C(=O)c1cccc(C#N)c1. The zero-order valence-electron chi connectivity index (χ0n) is 18.0. The van der Waals surface area contributed by atoms with Crippen LogP contribution in [0.15, 0.2) is 60.4 Å². The van der Waals surface area contributed by atoms with Gasteiger partial charge in [-0.25, -0.2) is 0 Å². The molecule has 0 amide bonds. The summed E-state index contributed by atoms with van der Waals surface area (Å²) < 4.78 is 4.99. The molecule has 0 fully saturated rings. The fourth-order valence-corrected chi connectivity index (χ4v) is 2.44. The molecule has 0 N–H and O–H groups in total. The summed E-state index contributed by atoms with van der Waals surface area (Å²) in [5.41, 5.74) is 1.50. The number of ketones is 4. The third-order valence-corrected chi connectivity index (χ3v) is 3.97. The quantitative estimate of drug-likeness (QED) is 0.204. The third kappa shape index (κ3) is 8.17. The molecular formula is C25H22N2O5. The Morgan fingerprint density at radius 3 is 1.91 bits per heavy atom. The van der Waals surface area contributed by atoms with E-state index in [0.29, 0.717) is 28.9 Å². The molecule has 0 aliphatic rings. The minimum Gasteiger partial charge on any atom is -0.501 e. The molecule has 0 radical (unpaired) electrons. The first-order chi connectivity index (χ1) is 15.2. The number of rotatable bonds is 8. The van der Waals surface area contributed by atoms with E-state index in [1.54, 1.807) is 43.3 Å². The number of carbonyl (C=O) groups is 4. The Bertz CT molecular complexity index is 1130. The van der Waals surface area contributed by atoms with Gasteiger partial charge in [0, 0.05) is 11.1 Å². The molecule has 0 aromatic heterocycles. The summed E-state index contributed by atoms with van der Waals surface area (Å²) >= 11 is 0. The standard InChI is InChI=1S/C14H13NO3.C11H9NO2/c1-3-18-9-13(10(2)16)14(17)12-6-4-5-11(7-12)8-15;1-8(13)5-11(14)10-4-2-3-9(6-10)7-12/h4-7,9H,3H2,1-2H3;2-4,6H,5H2,1H3. The molecular weight excluding hydrogens is 408 g/mol. The molecule has 7 heteroatoms. The van der Waals surface area contributed by atoms with Gasteiger partial charge in [0.25, 0.3) is 0 Å². The van der Waals surface area contributed by atoms with Crippen LogP contribution in [0, 0.1) is 22.7 Å². The molecule has 7 nitrogen and oxygen atoms in total. The van der Waals surface area contributed by atoms with Crippen molar-refractivity contribution in [3.05, 3.63) is 82.6 Å². The Labute approximate surface area is 186 Å². The summed E-state index contributed by atoms with van der Waals surface area (Å²) in [4.78, 5) is 45.6. The van der Waals surface area contributed by atoms with Gasteiger partial charge in [-0.2, -0.15) is 10.5 Å². The first-order valence-corrected chi connectivity index (χ1v) is 9.63. The van der Waals surface area contributed by atoms with Crippen LogP contribution in [0.3, 0.4) is 0 Å². The maximum Gasteiger partial charge on any atom is 0.199 e. The normalized spacial score (nSPS) is 9.97. The summed E-state index contributed by atoms with van der Waals surface area (Å²) in [7, 11) is 0. The summed E-state index contributed by atoms with van der Waals surface area (Å²) in [5, 5.41) is 17.4. The third-order valence-electron chi connectivity index (χ3n) is 3.97. The highest BCUT2D eigenvalue weighted by molar-refractivity contribution is 6.25. The lowest BCUT2D eigenvalue weighted by Crippen LogP contribution is -2.11. The molecule has 2 rings (SSSR count). The minimum absolute atomic E-state index is 0.0214. The second-order valence-electron chi connectivity index (χ2n) is 6.56. The van der Waals surface area contributed by atoms with Gasteiger partial charge in [0.05, 0.1) is 48.1 Å². The van der Waals surface area contributed by atoms with Crippen LogP contribution < -0.4 is 0 Å². The van der Waals surface area contributed by atoms with E-state index in [2.05, 4.69) is 0 Å². The lowest BCUT2D eigenvalue weighted by molar-refractivity contribution is -0.116. The fraction of sp³-hybridized carbons (Fsp3) is 0.200. The van der Waals surface area contributed by atoms with Crippen LogP contribution in [0.25, 0.3) is 0 Å². The minimum atomic E-state index is -0.437. The van der Waals surface area contributed by atoms with Crippen LogP contribution in [0.4, 0.5) is 0 Å². The number of benzene rings is 2. The number of nitriles is 2. The molecule has 0 aliphatic carbocycles. The van der Waals surface area contributed by atoms with Crippen molar-refractivity contribution in [2.24, 2.45) is 0 Å². The second-order valence-corrected chi connectivity index (χ2v) is 6.56. The van der Waals surface area contributed by atoms with Gasteiger partial charge in [0.2, 0.25) is 0 Å². The van der Waals surface area contributed by atoms with Crippen molar-refractivity contribution in [2.45, 2.75) is 27.2 Å². The smallest absolute Gasteiger partial charge is 0.199 e. The van der Waals surface area contributed by atoms with E-state index < -0.39 is 5.78 Å². The maximum atomic E-state index is 12.1. The molecule has 0 atom stereocenters. The Morgan fingerprint density at radius 2 is 1.44 bits per heavy atom. The number of Topliss-reactive ketones (excluding diaryl/α,β-unsaturated/α-hetero) is 4. The zero-order valence-corrected chi connectivity index (χ0v) is 18.0. The average Bonchev–Trinajstić information content (AvgIpc) is 2.79. The highest BCUT2D eigenvalue weighted by Crippen LogP contribution is 2.12. The van der Waals surface area contributed by atoms with E-state index in [9.17, 15) is 19.2 Å². The Balaban J connectivity index is 0.000000330. The molecule has 162 valence electrons. The molecule has 32 heavy (non-hydrogen) atoms. The van der Waals surface area contributed by atoms with Gasteiger partial charge in [-0.15, -0.1) is 0 Å². The van der Waals surface area contributed by atoms with E-state index in [1.807, 2.05) is 12.1 Å². The van der Waals surface area contributed by atoms with Crippen molar-refractivity contribution in [3.63, 3.8) is 0 Å². The number of carbonyl (C=O) groups excluding carboxylic acids is 4. The van der Waals surface area contributed by atoms with Crippen LogP contribution in [-0.4, -0.2) is 29.7 Å². The first kappa shape index (κ1) is 25.7. The number of nitrogens with zero attached hydrogens (tertiary/aromatic N) is 2. The molecule has 0 heterocycles. The Morgan fingerprint density at radius 1 is 0.906 bits per heavy atom. The number of hydrogen-bond donors (Lipinski definition) is 0. The number of ether oxygens (including phenoxy) is 1. The molecule has 0 saturated carbocycles. The Hall–Kier alpha value is -4.36. The van der Waals surface area contributed by atoms with Crippen molar-refractivity contribution >= 4 is 23.1 Å². The van der Waals surface area contributed by atoms with Gasteiger partial charge in [0.15, 0.2) is 17.3 Å². The molecule has 0 bridgehead atoms. The molecule has 0 unspecified atom stereocenters. The number of allylic oxidation sites excluding steroid dienone is 1. The predicted octanol–water partition coefficient (Wildman–Crippen LogP) is 3.97. The lowest BCUT2D eigenvalue weighted by Gasteiger charge is -2.04. The van der Waals surface area contributed by atoms with Crippen LogP contribution >= 0.6 is 0 Å². The van der Waals surface area contributed by atoms with Crippen LogP contribution in [0.2, 0.25) is 0 Å². The van der Waals surface area contributed by atoms with E-state index in [1.165, 1.54) is 32.2 Å².